The maximum atomic E-state index is 13.2. The average Bonchev–Trinajstić information content (AvgIpc) is 3.27. The molecule has 2 saturated heterocycles. The van der Waals surface area contributed by atoms with Gasteiger partial charge in [0.15, 0.2) is 5.96 Å². The number of nitrogens with one attached hydrogen (secondary N) is 1. The van der Waals surface area contributed by atoms with Crippen LogP contribution in [0.3, 0.4) is 0 Å². The van der Waals surface area contributed by atoms with Gasteiger partial charge in [-0.3, -0.25) is 9.89 Å². The predicted molar refractivity (Wildman–Crippen MR) is 98.6 cm³/mol. The molecule has 2 heterocycles. The molecule has 1 aromatic rings. The van der Waals surface area contributed by atoms with Gasteiger partial charge >= 0.3 is 0 Å². The lowest BCUT2D eigenvalue weighted by Gasteiger charge is -2.26. The number of hydrogen-bond donors (Lipinski definition) is 1. The Labute approximate surface area is 149 Å². The SMILES string of the molecule is CN=C(NCC(C)Oc1cccc(F)c1)N1CCC(N2CCCC2)C1. The van der Waals surface area contributed by atoms with E-state index in [4.69, 9.17) is 4.74 Å². The molecule has 0 bridgehead atoms. The van der Waals surface area contributed by atoms with Gasteiger partial charge in [-0.15, -0.1) is 0 Å². The van der Waals surface area contributed by atoms with Crippen molar-refractivity contribution in [1.29, 1.82) is 0 Å². The minimum atomic E-state index is -0.279. The van der Waals surface area contributed by atoms with Gasteiger partial charge in [-0.1, -0.05) is 6.07 Å². The van der Waals surface area contributed by atoms with Crippen molar-refractivity contribution in [2.45, 2.75) is 38.3 Å². The van der Waals surface area contributed by atoms with Crippen LogP contribution in [0.5, 0.6) is 5.75 Å². The van der Waals surface area contributed by atoms with Gasteiger partial charge in [0.05, 0.1) is 6.54 Å². The van der Waals surface area contributed by atoms with Gasteiger partial charge in [0, 0.05) is 32.2 Å². The van der Waals surface area contributed by atoms with Crippen LogP contribution in [0.25, 0.3) is 0 Å². The van der Waals surface area contributed by atoms with E-state index in [1.807, 2.05) is 14.0 Å². The molecule has 2 aliphatic heterocycles. The van der Waals surface area contributed by atoms with Crippen molar-refractivity contribution in [2.24, 2.45) is 4.99 Å². The summed E-state index contributed by atoms with van der Waals surface area (Å²) in [7, 11) is 1.82. The number of halogens is 1. The summed E-state index contributed by atoms with van der Waals surface area (Å²) in [5.41, 5.74) is 0. The second kappa shape index (κ2) is 8.52. The molecule has 2 fully saturated rings. The van der Waals surface area contributed by atoms with Crippen LogP contribution in [-0.2, 0) is 0 Å². The molecule has 3 rings (SSSR count). The lowest BCUT2D eigenvalue weighted by atomic mass is 10.2. The smallest absolute Gasteiger partial charge is 0.193 e. The summed E-state index contributed by atoms with van der Waals surface area (Å²) in [6, 6.07) is 6.91. The van der Waals surface area contributed by atoms with E-state index >= 15 is 0 Å². The molecule has 25 heavy (non-hydrogen) atoms. The maximum absolute atomic E-state index is 13.2. The Kier molecular flexibility index (Phi) is 6.13. The van der Waals surface area contributed by atoms with Crippen LogP contribution in [-0.4, -0.2) is 67.7 Å². The van der Waals surface area contributed by atoms with Gasteiger partial charge in [0.25, 0.3) is 0 Å². The molecule has 0 aliphatic carbocycles. The highest BCUT2D eigenvalue weighted by atomic mass is 19.1. The quantitative estimate of drug-likeness (QED) is 0.655. The van der Waals surface area contributed by atoms with Crippen LogP contribution in [0.2, 0.25) is 0 Å². The van der Waals surface area contributed by atoms with Gasteiger partial charge < -0.3 is 15.0 Å². The van der Waals surface area contributed by atoms with E-state index in [1.54, 1.807) is 12.1 Å². The molecule has 138 valence electrons. The molecular weight excluding hydrogens is 319 g/mol. The normalized spacial score (nSPS) is 23.1. The van der Waals surface area contributed by atoms with Gasteiger partial charge in [0.2, 0.25) is 0 Å². The summed E-state index contributed by atoms with van der Waals surface area (Å²) >= 11 is 0. The second-order valence-corrected chi connectivity index (χ2v) is 6.95. The third-order valence-electron chi connectivity index (χ3n) is 5.01. The summed E-state index contributed by atoms with van der Waals surface area (Å²) < 4.78 is 19.0. The molecular formula is C19H29FN4O. The highest BCUT2D eigenvalue weighted by molar-refractivity contribution is 5.80. The second-order valence-electron chi connectivity index (χ2n) is 6.95. The molecule has 1 aromatic carbocycles. The predicted octanol–water partition coefficient (Wildman–Crippen LogP) is 2.34. The van der Waals surface area contributed by atoms with Crippen LogP contribution in [0.15, 0.2) is 29.3 Å². The highest BCUT2D eigenvalue weighted by Gasteiger charge is 2.30. The molecule has 2 atom stereocenters. The van der Waals surface area contributed by atoms with E-state index in [9.17, 15) is 4.39 Å². The topological polar surface area (TPSA) is 40.1 Å². The highest BCUT2D eigenvalue weighted by Crippen LogP contribution is 2.20. The van der Waals surface area contributed by atoms with Gasteiger partial charge in [-0.2, -0.15) is 0 Å². The summed E-state index contributed by atoms with van der Waals surface area (Å²) in [5.74, 6) is 1.20. The minimum absolute atomic E-state index is 0.0736. The van der Waals surface area contributed by atoms with E-state index in [0.29, 0.717) is 18.3 Å². The molecule has 5 nitrogen and oxygen atoms in total. The first kappa shape index (κ1) is 18.0. The lowest BCUT2D eigenvalue weighted by molar-refractivity contribution is 0.220. The van der Waals surface area contributed by atoms with Crippen molar-refractivity contribution in [3.8, 4) is 5.75 Å². The number of nitrogens with zero attached hydrogens (tertiary/aromatic N) is 3. The van der Waals surface area contributed by atoms with E-state index in [2.05, 4.69) is 20.1 Å². The molecule has 2 aliphatic rings. The third-order valence-corrected chi connectivity index (χ3v) is 5.01. The van der Waals surface area contributed by atoms with E-state index < -0.39 is 0 Å². The zero-order valence-corrected chi connectivity index (χ0v) is 15.2. The van der Waals surface area contributed by atoms with Gasteiger partial charge in [0.1, 0.15) is 17.7 Å². The summed E-state index contributed by atoms with van der Waals surface area (Å²) in [5, 5.41) is 3.40. The Hall–Kier alpha value is -1.82. The monoisotopic (exact) mass is 348 g/mol. The van der Waals surface area contributed by atoms with E-state index in [0.717, 1.165) is 19.0 Å². The Morgan fingerprint density at radius 2 is 2.16 bits per heavy atom. The Balaban J connectivity index is 1.46. The van der Waals surface area contributed by atoms with Gasteiger partial charge in [-0.25, -0.2) is 4.39 Å². The fourth-order valence-electron chi connectivity index (χ4n) is 3.72. The fourth-order valence-corrected chi connectivity index (χ4v) is 3.72. The van der Waals surface area contributed by atoms with Crippen molar-refractivity contribution in [3.05, 3.63) is 30.1 Å². The molecule has 2 unspecified atom stereocenters. The van der Waals surface area contributed by atoms with Crippen LogP contribution in [0, 0.1) is 5.82 Å². The largest absolute Gasteiger partial charge is 0.489 e. The Morgan fingerprint density at radius 3 is 2.88 bits per heavy atom. The molecule has 1 N–H and O–H groups in total. The standard InChI is InChI=1S/C19H29FN4O/c1-15(25-18-7-5-6-16(20)12-18)13-22-19(21-2)24-11-8-17(14-24)23-9-3-4-10-23/h5-7,12,15,17H,3-4,8-11,13-14H2,1-2H3,(H,21,22). The van der Waals surface area contributed by atoms with E-state index in [-0.39, 0.29) is 11.9 Å². The summed E-state index contributed by atoms with van der Waals surface area (Å²) in [6.07, 6.45) is 3.79. The lowest BCUT2D eigenvalue weighted by Crippen LogP contribution is -2.45. The number of hydrogen-bond acceptors (Lipinski definition) is 3. The average molecular weight is 348 g/mol. The van der Waals surface area contributed by atoms with Crippen molar-refractivity contribution in [2.75, 3.05) is 39.8 Å². The fraction of sp³-hybridized carbons (Fsp3) is 0.632. The van der Waals surface area contributed by atoms with Crippen LogP contribution in [0.1, 0.15) is 26.2 Å². The Bertz CT molecular complexity index is 589. The number of ether oxygens (including phenoxy) is 1. The van der Waals surface area contributed by atoms with Crippen molar-refractivity contribution in [1.82, 2.24) is 15.1 Å². The molecule has 0 spiro atoms. The van der Waals surface area contributed by atoms with E-state index in [1.165, 1.54) is 44.5 Å². The van der Waals surface area contributed by atoms with Crippen molar-refractivity contribution < 1.29 is 9.13 Å². The first-order valence-corrected chi connectivity index (χ1v) is 9.27. The minimum Gasteiger partial charge on any atom is -0.489 e. The van der Waals surface area contributed by atoms with Crippen LogP contribution >= 0.6 is 0 Å². The van der Waals surface area contributed by atoms with Crippen LogP contribution in [0.4, 0.5) is 4.39 Å². The first-order chi connectivity index (χ1) is 12.2. The number of likely N-dealkylation sites (tertiary alicyclic amines) is 2. The maximum Gasteiger partial charge on any atom is 0.193 e. The summed E-state index contributed by atoms with van der Waals surface area (Å²) in [6.45, 7) is 7.17. The van der Waals surface area contributed by atoms with Crippen molar-refractivity contribution >= 4 is 5.96 Å². The van der Waals surface area contributed by atoms with Gasteiger partial charge in [-0.05, 0) is 51.4 Å². The zero-order chi connectivity index (χ0) is 17.6. The first-order valence-electron chi connectivity index (χ1n) is 9.27. The van der Waals surface area contributed by atoms with Crippen molar-refractivity contribution in [3.63, 3.8) is 0 Å². The molecule has 0 aromatic heterocycles. The third kappa shape index (κ3) is 4.84. The molecule has 0 saturated carbocycles. The van der Waals surface area contributed by atoms with Crippen LogP contribution < -0.4 is 10.1 Å². The molecule has 0 amide bonds. The molecule has 6 heteroatoms. The number of rotatable bonds is 5. The number of aliphatic imine (C=N–C) groups is 1. The summed E-state index contributed by atoms with van der Waals surface area (Å²) in [4.78, 5) is 9.37. The Morgan fingerprint density at radius 1 is 1.36 bits per heavy atom. The molecule has 0 radical (unpaired) electrons. The number of guanidine groups is 1. The zero-order valence-electron chi connectivity index (χ0n) is 15.2. The number of benzene rings is 1.